The van der Waals surface area contributed by atoms with Crippen molar-refractivity contribution in [3.63, 3.8) is 0 Å². The Morgan fingerprint density at radius 1 is 1.24 bits per heavy atom. The molecule has 2 aromatic heterocycles. The molecular formula is C17H22N6OS. The second kappa shape index (κ2) is 8.66. The number of nitrogens with zero attached hydrogens (tertiary/aromatic N) is 4. The molecule has 0 unspecified atom stereocenters. The van der Waals surface area contributed by atoms with Gasteiger partial charge in [-0.3, -0.25) is 4.79 Å². The van der Waals surface area contributed by atoms with Crippen LogP contribution in [0.25, 0.3) is 0 Å². The lowest BCUT2D eigenvalue weighted by Gasteiger charge is -2.27. The van der Waals surface area contributed by atoms with Gasteiger partial charge in [0.15, 0.2) is 0 Å². The zero-order chi connectivity index (χ0) is 17.5. The summed E-state index contributed by atoms with van der Waals surface area (Å²) < 4.78 is 0. The van der Waals surface area contributed by atoms with Gasteiger partial charge in [0.25, 0.3) is 0 Å². The fraction of sp³-hybridized carbons (Fsp3) is 0.412. The van der Waals surface area contributed by atoms with Gasteiger partial charge in [-0.15, -0.1) is 0 Å². The Bertz CT molecular complexity index is 720. The fourth-order valence-electron chi connectivity index (χ4n) is 2.53. The third kappa shape index (κ3) is 5.32. The van der Waals surface area contributed by atoms with Crippen molar-refractivity contribution in [1.29, 1.82) is 0 Å². The normalized spacial score (nSPS) is 14.2. The Morgan fingerprint density at radius 3 is 2.88 bits per heavy atom. The summed E-state index contributed by atoms with van der Waals surface area (Å²) in [5.74, 6) is 4.43. The number of aromatic nitrogens is 3. The molecule has 3 rings (SSSR count). The Hall–Kier alpha value is -2.35. The van der Waals surface area contributed by atoms with Crippen LogP contribution in [0.15, 0.2) is 30.6 Å². The smallest absolute Gasteiger partial charge is 0.227 e. The molecule has 0 atom stereocenters. The molecular weight excluding hydrogens is 336 g/mol. The Kier molecular flexibility index (Phi) is 6.05. The van der Waals surface area contributed by atoms with Gasteiger partial charge in [-0.2, -0.15) is 11.8 Å². The van der Waals surface area contributed by atoms with E-state index in [0.29, 0.717) is 18.8 Å². The lowest BCUT2D eigenvalue weighted by Crippen LogP contribution is -2.33. The van der Waals surface area contributed by atoms with E-state index < -0.39 is 0 Å². The Labute approximate surface area is 151 Å². The maximum Gasteiger partial charge on any atom is 0.227 e. The van der Waals surface area contributed by atoms with Crippen molar-refractivity contribution in [1.82, 2.24) is 15.0 Å². The molecule has 1 amide bonds. The van der Waals surface area contributed by atoms with Gasteiger partial charge in [0.1, 0.15) is 23.8 Å². The van der Waals surface area contributed by atoms with Crippen LogP contribution in [0.1, 0.15) is 12.1 Å². The third-order valence-corrected chi connectivity index (χ3v) is 4.74. The minimum Gasteiger partial charge on any atom is -0.369 e. The molecule has 1 fully saturated rings. The highest BCUT2D eigenvalue weighted by molar-refractivity contribution is 7.99. The van der Waals surface area contributed by atoms with Gasteiger partial charge in [-0.25, -0.2) is 15.0 Å². The number of carbonyl (C=O) groups is 1. The molecule has 132 valence electrons. The number of amides is 1. The maximum absolute atomic E-state index is 12.0. The molecule has 0 bridgehead atoms. The van der Waals surface area contributed by atoms with Gasteiger partial charge in [0.2, 0.25) is 5.91 Å². The number of hydrogen-bond acceptors (Lipinski definition) is 7. The zero-order valence-electron chi connectivity index (χ0n) is 14.2. The lowest BCUT2D eigenvalue weighted by molar-refractivity contribution is -0.116. The summed E-state index contributed by atoms with van der Waals surface area (Å²) in [6, 6.07) is 7.49. The summed E-state index contributed by atoms with van der Waals surface area (Å²) in [5, 5.41) is 5.99. The molecule has 8 heteroatoms. The van der Waals surface area contributed by atoms with Crippen molar-refractivity contribution in [3.8, 4) is 0 Å². The molecule has 7 nitrogen and oxygen atoms in total. The molecule has 2 aromatic rings. The summed E-state index contributed by atoms with van der Waals surface area (Å²) in [7, 11) is 0. The highest BCUT2D eigenvalue weighted by Crippen LogP contribution is 2.18. The standard InChI is InChI=1S/C17H22N6OS/c1-13-3-2-4-14(21-13)22-17(24)5-6-18-15-11-16(20-12-19-15)23-7-9-25-10-8-23/h2-4,11-12H,5-10H2,1H3,(H,18,19,20)(H,21,22,24). The van der Waals surface area contributed by atoms with Gasteiger partial charge in [0.05, 0.1) is 0 Å². The number of nitrogens with one attached hydrogen (secondary N) is 2. The van der Waals surface area contributed by atoms with E-state index in [-0.39, 0.29) is 5.91 Å². The highest BCUT2D eigenvalue weighted by Gasteiger charge is 2.13. The summed E-state index contributed by atoms with van der Waals surface area (Å²) in [5.41, 5.74) is 0.876. The zero-order valence-corrected chi connectivity index (χ0v) is 15.1. The molecule has 0 spiro atoms. The molecule has 0 aromatic carbocycles. The second-order valence-corrected chi connectivity index (χ2v) is 6.97. The Balaban J connectivity index is 1.47. The minimum absolute atomic E-state index is 0.0760. The molecule has 0 radical (unpaired) electrons. The van der Waals surface area contributed by atoms with Crippen LogP contribution in [0.3, 0.4) is 0 Å². The van der Waals surface area contributed by atoms with Crippen LogP contribution in [0.2, 0.25) is 0 Å². The summed E-state index contributed by atoms with van der Waals surface area (Å²) in [6.07, 6.45) is 1.91. The molecule has 1 aliphatic rings. The summed E-state index contributed by atoms with van der Waals surface area (Å²) in [4.78, 5) is 27.1. The molecule has 3 heterocycles. The van der Waals surface area contributed by atoms with Crippen molar-refractivity contribution in [2.75, 3.05) is 46.7 Å². The number of carbonyl (C=O) groups excluding carboxylic acids is 1. The van der Waals surface area contributed by atoms with Crippen molar-refractivity contribution < 1.29 is 4.79 Å². The van der Waals surface area contributed by atoms with Gasteiger partial charge < -0.3 is 15.5 Å². The first-order valence-electron chi connectivity index (χ1n) is 8.33. The SMILES string of the molecule is Cc1cccc(NC(=O)CCNc2cc(N3CCSCC3)ncn2)n1. The van der Waals surface area contributed by atoms with Crippen molar-refractivity contribution in [3.05, 3.63) is 36.3 Å². The number of pyridine rings is 1. The second-order valence-electron chi connectivity index (χ2n) is 5.75. The van der Waals surface area contributed by atoms with Crippen molar-refractivity contribution in [2.24, 2.45) is 0 Å². The van der Waals surface area contributed by atoms with Gasteiger partial charge in [-0.1, -0.05) is 6.07 Å². The van der Waals surface area contributed by atoms with Crippen LogP contribution in [0.5, 0.6) is 0 Å². The van der Waals surface area contributed by atoms with Crippen molar-refractivity contribution in [2.45, 2.75) is 13.3 Å². The highest BCUT2D eigenvalue weighted by atomic mass is 32.2. The van der Waals surface area contributed by atoms with E-state index in [9.17, 15) is 4.79 Å². The van der Waals surface area contributed by atoms with E-state index >= 15 is 0 Å². The van der Waals surface area contributed by atoms with E-state index in [1.807, 2.05) is 36.9 Å². The molecule has 2 N–H and O–H groups in total. The molecule has 1 saturated heterocycles. The first-order valence-corrected chi connectivity index (χ1v) is 9.48. The molecule has 1 aliphatic heterocycles. The maximum atomic E-state index is 12.0. The summed E-state index contributed by atoms with van der Waals surface area (Å²) >= 11 is 1.97. The molecule has 25 heavy (non-hydrogen) atoms. The van der Waals surface area contributed by atoms with E-state index in [0.717, 1.165) is 41.9 Å². The van der Waals surface area contributed by atoms with Crippen LogP contribution in [-0.2, 0) is 4.79 Å². The van der Waals surface area contributed by atoms with Gasteiger partial charge in [-0.05, 0) is 19.1 Å². The quantitative estimate of drug-likeness (QED) is 0.819. The lowest BCUT2D eigenvalue weighted by atomic mass is 10.3. The average molecular weight is 358 g/mol. The van der Waals surface area contributed by atoms with Crippen LogP contribution < -0.4 is 15.5 Å². The van der Waals surface area contributed by atoms with Gasteiger partial charge >= 0.3 is 0 Å². The topological polar surface area (TPSA) is 83.0 Å². The average Bonchev–Trinajstić information content (AvgIpc) is 2.63. The Morgan fingerprint density at radius 2 is 2.08 bits per heavy atom. The van der Waals surface area contributed by atoms with E-state index in [1.165, 1.54) is 0 Å². The minimum atomic E-state index is -0.0760. The first-order chi connectivity index (χ1) is 12.2. The van der Waals surface area contributed by atoms with Crippen LogP contribution in [0.4, 0.5) is 17.5 Å². The van der Waals surface area contributed by atoms with Crippen LogP contribution >= 0.6 is 11.8 Å². The molecule has 0 saturated carbocycles. The summed E-state index contributed by atoms with van der Waals surface area (Å²) in [6.45, 7) is 4.41. The monoisotopic (exact) mass is 358 g/mol. The van der Waals surface area contributed by atoms with Gasteiger partial charge in [0, 0.05) is 49.3 Å². The van der Waals surface area contributed by atoms with Crippen LogP contribution in [-0.4, -0.2) is 52.0 Å². The van der Waals surface area contributed by atoms with E-state index in [1.54, 1.807) is 12.4 Å². The van der Waals surface area contributed by atoms with Crippen molar-refractivity contribution >= 4 is 35.1 Å². The number of thioether (sulfide) groups is 1. The predicted octanol–water partition coefficient (Wildman–Crippen LogP) is 2.17. The van der Waals surface area contributed by atoms with E-state index in [2.05, 4.69) is 30.5 Å². The first kappa shape index (κ1) is 17.5. The van der Waals surface area contributed by atoms with E-state index in [4.69, 9.17) is 0 Å². The third-order valence-electron chi connectivity index (χ3n) is 3.80. The number of hydrogen-bond donors (Lipinski definition) is 2. The van der Waals surface area contributed by atoms with Crippen LogP contribution in [0, 0.1) is 6.92 Å². The predicted molar refractivity (Wildman–Crippen MR) is 102 cm³/mol. The fourth-order valence-corrected chi connectivity index (χ4v) is 3.43. The molecule has 0 aliphatic carbocycles. The number of anilines is 3. The number of rotatable bonds is 6. The number of aryl methyl sites for hydroxylation is 1. The largest absolute Gasteiger partial charge is 0.369 e.